The molecule has 6 nitrogen and oxygen atoms in total. The number of benzene rings is 1. The van der Waals surface area contributed by atoms with Crippen LogP contribution in [0.15, 0.2) is 18.2 Å². The smallest absolute Gasteiger partial charge is 0.257 e. The first-order chi connectivity index (χ1) is 13.6. The summed E-state index contributed by atoms with van der Waals surface area (Å²) in [7, 11) is 3.76. The lowest BCUT2D eigenvalue weighted by molar-refractivity contribution is 0.0274. The van der Waals surface area contributed by atoms with Crippen molar-refractivity contribution in [3.05, 3.63) is 28.8 Å². The molecule has 2 fully saturated rings. The van der Waals surface area contributed by atoms with Crippen molar-refractivity contribution in [2.45, 2.75) is 25.3 Å². The highest BCUT2D eigenvalue weighted by Gasteiger charge is 2.28. The number of hydrogen-bond donors (Lipinski definition) is 0. The molecule has 2 aliphatic heterocycles. The lowest BCUT2D eigenvalue weighted by Crippen LogP contribution is -2.47. The minimum atomic E-state index is 0.00428. The molecule has 0 aliphatic carbocycles. The third-order valence-electron chi connectivity index (χ3n) is 5.75. The van der Waals surface area contributed by atoms with Gasteiger partial charge in [0.05, 0.1) is 12.7 Å². The molecular weight excluding hydrogens is 378 g/mol. The summed E-state index contributed by atoms with van der Waals surface area (Å²) in [6.45, 7) is 7.61. The SMILES string of the molecule is COc1ccc(Cl)cc1C(=O)N(CCCN1CCN(C)CC1)C1CCOCC1. The zero-order valence-electron chi connectivity index (χ0n) is 17.0. The first-order valence-corrected chi connectivity index (χ1v) is 10.6. The predicted molar refractivity (Wildman–Crippen MR) is 111 cm³/mol. The van der Waals surface area contributed by atoms with E-state index in [1.54, 1.807) is 25.3 Å². The van der Waals surface area contributed by atoms with Crippen LogP contribution in [-0.4, -0.2) is 93.3 Å². The summed E-state index contributed by atoms with van der Waals surface area (Å²) in [5, 5.41) is 0.550. The van der Waals surface area contributed by atoms with Crippen molar-refractivity contribution < 1.29 is 14.3 Å². The van der Waals surface area contributed by atoms with Gasteiger partial charge in [-0.25, -0.2) is 0 Å². The Morgan fingerprint density at radius 1 is 1.25 bits per heavy atom. The lowest BCUT2D eigenvalue weighted by atomic mass is 10.0. The molecule has 28 heavy (non-hydrogen) atoms. The van der Waals surface area contributed by atoms with Gasteiger partial charge in [0.1, 0.15) is 5.75 Å². The van der Waals surface area contributed by atoms with Gasteiger partial charge in [0, 0.05) is 57.0 Å². The molecule has 3 rings (SSSR count). The number of halogens is 1. The fourth-order valence-electron chi connectivity index (χ4n) is 3.98. The fraction of sp³-hybridized carbons (Fsp3) is 0.667. The van der Waals surface area contributed by atoms with E-state index >= 15 is 0 Å². The Balaban J connectivity index is 1.68. The van der Waals surface area contributed by atoms with E-state index in [-0.39, 0.29) is 11.9 Å². The maximum absolute atomic E-state index is 13.4. The molecule has 0 unspecified atom stereocenters. The second kappa shape index (κ2) is 10.4. The number of amides is 1. The second-order valence-electron chi connectivity index (χ2n) is 7.69. The molecule has 2 saturated heterocycles. The molecule has 1 aromatic rings. The van der Waals surface area contributed by atoms with Gasteiger partial charge in [-0.15, -0.1) is 0 Å². The lowest BCUT2D eigenvalue weighted by Gasteiger charge is -2.36. The third-order valence-corrected chi connectivity index (χ3v) is 5.99. The average Bonchev–Trinajstić information content (AvgIpc) is 2.72. The Morgan fingerprint density at radius 2 is 1.96 bits per heavy atom. The van der Waals surface area contributed by atoms with Gasteiger partial charge in [-0.3, -0.25) is 4.79 Å². The highest BCUT2D eigenvalue weighted by Crippen LogP contribution is 2.26. The van der Waals surface area contributed by atoms with E-state index in [0.717, 1.165) is 58.5 Å². The van der Waals surface area contributed by atoms with E-state index in [2.05, 4.69) is 16.8 Å². The Kier molecular flexibility index (Phi) is 7.97. The van der Waals surface area contributed by atoms with Crippen LogP contribution in [-0.2, 0) is 4.74 Å². The summed E-state index contributed by atoms with van der Waals surface area (Å²) in [6, 6.07) is 5.44. The highest BCUT2D eigenvalue weighted by atomic mass is 35.5. The molecule has 1 aromatic carbocycles. The van der Waals surface area contributed by atoms with Crippen LogP contribution in [0.5, 0.6) is 5.75 Å². The van der Waals surface area contributed by atoms with Crippen LogP contribution in [0.3, 0.4) is 0 Å². The van der Waals surface area contributed by atoms with Crippen molar-refractivity contribution in [2.24, 2.45) is 0 Å². The summed E-state index contributed by atoms with van der Waals surface area (Å²) < 4.78 is 10.9. The van der Waals surface area contributed by atoms with E-state index in [4.69, 9.17) is 21.1 Å². The molecular formula is C21H32ClN3O3. The number of nitrogens with zero attached hydrogens (tertiary/aromatic N) is 3. The van der Waals surface area contributed by atoms with Crippen molar-refractivity contribution in [3.63, 3.8) is 0 Å². The van der Waals surface area contributed by atoms with Gasteiger partial charge in [0.2, 0.25) is 0 Å². The topological polar surface area (TPSA) is 45.2 Å². The van der Waals surface area contributed by atoms with Crippen molar-refractivity contribution in [2.75, 3.05) is 66.6 Å². The summed E-state index contributed by atoms with van der Waals surface area (Å²) in [6.07, 6.45) is 2.72. The molecule has 0 atom stereocenters. The molecule has 2 heterocycles. The minimum absolute atomic E-state index is 0.00428. The summed E-state index contributed by atoms with van der Waals surface area (Å²) >= 11 is 6.17. The molecule has 0 bridgehead atoms. The molecule has 0 radical (unpaired) electrons. The third kappa shape index (κ3) is 5.60. The molecule has 2 aliphatic rings. The van der Waals surface area contributed by atoms with E-state index in [1.807, 2.05) is 4.90 Å². The number of carbonyl (C=O) groups excluding carboxylic acids is 1. The molecule has 0 aromatic heterocycles. The highest BCUT2D eigenvalue weighted by molar-refractivity contribution is 6.31. The van der Waals surface area contributed by atoms with Crippen LogP contribution in [0.1, 0.15) is 29.6 Å². The Hall–Kier alpha value is -1.34. The summed E-state index contributed by atoms with van der Waals surface area (Å²) in [5.41, 5.74) is 0.543. The van der Waals surface area contributed by atoms with Gasteiger partial charge in [-0.1, -0.05) is 11.6 Å². The molecule has 156 valence electrons. The summed E-state index contributed by atoms with van der Waals surface area (Å²) in [4.78, 5) is 20.3. The number of rotatable bonds is 7. The molecule has 0 saturated carbocycles. The number of piperazine rings is 1. The van der Waals surface area contributed by atoms with Crippen molar-refractivity contribution in [1.29, 1.82) is 0 Å². The van der Waals surface area contributed by atoms with Crippen LogP contribution in [0.2, 0.25) is 5.02 Å². The second-order valence-corrected chi connectivity index (χ2v) is 8.12. The summed E-state index contributed by atoms with van der Waals surface area (Å²) in [5.74, 6) is 0.579. The van der Waals surface area contributed by atoms with Gasteiger partial charge < -0.3 is 24.2 Å². The first-order valence-electron chi connectivity index (χ1n) is 10.2. The fourth-order valence-corrected chi connectivity index (χ4v) is 4.16. The monoisotopic (exact) mass is 409 g/mol. The standard InChI is InChI=1S/C21H32ClN3O3/c1-23-10-12-24(13-11-23)8-3-9-25(18-6-14-28-15-7-18)21(26)19-16-17(22)4-5-20(19)27-2/h4-5,16,18H,3,6-15H2,1-2H3. The minimum Gasteiger partial charge on any atom is -0.496 e. The van der Waals surface area contributed by atoms with Gasteiger partial charge in [-0.2, -0.15) is 0 Å². The number of ether oxygens (including phenoxy) is 2. The number of carbonyl (C=O) groups is 1. The van der Waals surface area contributed by atoms with E-state index < -0.39 is 0 Å². The van der Waals surface area contributed by atoms with Crippen LogP contribution >= 0.6 is 11.6 Å². The molecule has 0 spiro atoms. The van der Waals surface area contributed by atoms with Gasteiger partial charge in [0.15, 0.2) is 0 Å². The van der Waals surface area contributed by atoms with Crippen molar-refractivity contribution >= 4 is 17.5 Å². The van der Waals surface area contributed by atoms with Crippen molar-refractivity contribution in [3.8, 4) is 5.75 Å². The normalized spacial score (nSPS) is 19.5. The molecule has 1 amide bonds. The number of likely N-dealkylation sites (N-methyl/N-ethyl adjacent to an activating group) is 1. The predicted octanol–water partition coefficient (Wildman–Crippen LogP) is 2.61. The van der Waals surface area contributed by atoms with E-state index in [1.165, 1.54) is 0 Å². The maximum atomic E-state index is 13.4. The number of hydrogen-bond acceptors (Lipinski definition) is 5. The molecule has 0 N–H and O–H groups in total. The van der Waals surface area contributed by atoms with E-state index in [0.29, 0.717) is 29.5 Å². The average molecular weight is 410 g/mol. The quantitative estimate of drug-likeness (QED) is 0.692. The van der Waals surface area contributed by atoms with Crippen LogP contribution < -0.4 is 4.74 Å². The maximum Gasteiger partial charge on any atom is 0.257 e. The van der Waals surface area contributed by atoms with Crippen LogP contribution in [0, 0.1) is 0 Å². The zero-order chi connectivity index (χ0) is 19.9. The van der Waals surface area contributed by atoms with Gasteiger partial charge in [-0.05, 0) is 51.1 Å². The van der Waals surface area contributed by atoms with Crippen molar-refractivity contribution in [1.82, 2.24) is 14.7 Å². The van der Waals surface area contributed by atoms with Crippen LogP contribution in [0.25, 0.3) is 0 Å². The van der Waals surface area contributed by atoms with Gasteiger partial charge in [0.25, 0.3) is 5.91 Å². The van der Waals surface area contributed by atoms with E-state index in [9.17, 15) is 4.79 Å². The zero-order valence-corrected chi connectivity index (χ0v) is 17.8. The largest absolute Gasteiger partial charge is 0.496 e. The number of methoxy groups -OCH3 is 1. The van der Waals surface area contributed by atoms with Gasteiger partial charge >= 0.3 is 0 Å². The molecule has 7 heteroatoms. The van der Waals surface area contributed by atoms with Crippen LogP contribution in [0.4, 0.5) is 0 Å². The first kappa shape index (κ1) is 21.4. The Morgan fingerprint density at radius 3 is 2.64 bits per heavy atom. The Bertz CT molecular complexity index is 644. The Labute approximate surface area is 173 Å².